The van der Waals surface area contributed by atoms with Crippen LogP contribution in [0.15, 0.2) is 59.9 Å². The van der Waals surface area contributed by atoms with Gasteiger partial charge in [0.15, 0.2) is 5.96 Å². The number of guanidine groups is 1. The highest BCUT2D eigenvalue weighted by molar-refractivity contribution is 5.92. The first-order chi connectivity index (χ1) is 12.1. The molecule has 0 unspecified atom stereocenters. The van der Waals surface area contributed by atoms with E-state index in [1.165, 1.54) is 5.56 Å². The number of anilines is 1. The summed E-state index contributed by atoms with van der Waals surface area (Å²) in [7, 11) is 0. The highest BCUT2D eigenvalue weighted by Gasteiger charge is 2.02. The monoisotopic (exact) mass is 335 g/mol. The van der Waals surface area contributed by atoms with Crippen molar-refractivity contribution in [1.82, 2.24) is 9.55 Å². The van der Waals surface area contributed by atoms with Gasteiger partial charge in [-0.05, 0) is 42.2 Å². The minimum Gasteiger partial charge on any atom is -0.370 e. The molecule has 0 atom stereocenters. The first-order valence-electron chi connectivity index (χ1n) is 8.70. The second kappa shape index (κ2) is 7.83. The molecule has 2 aromatic carbocycles. The average molecular weight is 335 g/mol. The standard InChI is InChI=1S/C20H25N5/c1-15(2)16-7-5-8-17(13-16)24-20(21)22-11-6-12-25-14-23-18-9-3-4-10-19(18)25/h3-5,7-10,13-15H,6,11-12H2,1-2H3,(H3,21,22,24). The molecule has 25 heavy (non-hydrogen) atoms. The highest BCUT2D eigenvalue weighted by Crippen LogP contribution is 2.18. The molecule has 5 nitrogen and oxygen atoms in total. The van der Waals surface area contributed by atoms with Crippen molar-refractivity contribution in [3.63, 3.8) is 0 Å². The number of fused-ring (bicyclic) bond motifs is 1. The van der Waals surface area contributed by atoms with Crippen LogP contribution in [-0.2, 0) is 6.54 Å². The number of para-hydroxylation sites is 2. The Morgan fingerprint density at radius 3 is 2.88 bits per heavy atom. The fourth-order valence-corrected chi connectivity index (χ4v) is 2.79. The van der Waals surface area contributed by atoms with E-state index in [0.29, 0.717) is 18.4 Å². The summed E-state index contributed by atoms with van der Waals surface area (Å²) < 4.78 is 2.15. The van der Waals surface area contributed by atoms with Crippen molar-refractivity contribution in [2.75, 3.05) is 11.9 Å². The quantitative estimate of drug-likeness (QED) is 0.407. The number of imidazole rings is 1. The number of nitrogens with two attached hydrogens (primary N) is 1. The number of hydrogen-bond acceptors (Lipinski definition) is 2. The minimum absolute atomic E-state index is 0.455. The van der Waals surface area contributed by atoms with Gasteiger partial charge in [0.05, 0.1) is 17.4 Å². The molecule has 0 aliphatic rings. The second-order valence-electron chi connectivity index (χ2n) is 6.45. The Kier molecular flexibility index (Phi) is 5.33. The van der Waals surface area contributed by atoms with Crippen LogP contribution in [0.4, 0.5) is 5.69 Å². The number of hydrogen-bond donors (Lipinski definition) is 2. The fraction of sp³-hybridized carbons (Fsp3) is 0.300. The van der Waals surface area contributed by atoms with Crippen molar-refractivity contribution in [2.24, 2.45) is 10.7 Å². The number of aromatic nitrogens is 2. The van der Waals surface area contributed by atoms with Crippen molar-refractivity contribution in [3.8, 4) is 0 Å². The Hall–Kier alpha value is -2.82. The van der Waals surface area contributed by atoms with Crippen LogP contribution in [0.2, 0.25) is 0 Å². The maximum atomic E-state index is 6.00. The number of nitrogens with zero attached hydrogens (tertiary/aromatic N) is 3. The maximum Gasteiger partial charge on any atom is 0.193 e. The maximum absolute atomic E-state index is 6.00. The summed E-state index contributed by atoms with van der Waals surface area (Å²) in [5, 5.41) is 3.17. The largest absolute Gasteiger partial charge is 0.370 e. The molecule has 130 valence electrons. The third-order valence-electron chi connectivity index (χ3n) is 4.19. The van der Waals surface area contributed by atoms with Crippen LogP contribution in [0.5, 0.6) is 0 Å². The normalized spacial score (nSPS) is 12.0. The summed E-state index contributed by atoms with van der Waals surface area (Å²) in [6.07, 6.45) is 2.79. The van der Waals surface area contributed by atoms with Crippen molar-refractivity contribution >= 4 is 22.7 Å². The smallest absolute Gasteiger partial charge is 0.193 e. The van der Waals surface area contributed by atoms with E-state index in [1.54, 1.807) is 0 Å². The molecule has 3 aromatic rings. The lowest BCUT2D eigenvalue weighted by Crippen LogP contribution is -2.23. The molecule has 0 saturated heterocycles. The van der Waals surface area contributed by atoms with E-state index < -0.39 is 0 Å². The van der Waals surface area contributed by atoms with Crippen LogP contribution in [0.1, 0.15) is 31.7 Å². The van der Waals surface area contributed by atoms with Crippen LogP contribution in [-0.4, -0.2) is 22.1 Å². The van der Waals surface area contributed by atoms with Crippen molar-refractivity contribution in [3.05, 3.63) is 60.4 Å². The average Bonchev–Trinajstić information content (AvgIpc) is 3.02. The van der Waals surface area contributed by atoms with Crippen molar-refractivity contribution in [1.29, 1.82) is 0 Å². The predicted molar refractivity (Wildman–Crippen MR) is 105 cm³/mol. The van der Waals surface area contributed by atoms with Gasteiger partial charge in [0, 0.05) is 18.8 Å². The summed E-state index contributed by atoms with van der Waals surface area (Å²) in [5.41, 5.74) is 10.4. The van der Waals surface area contributed by atoms with Gasteiger partial charge in [0.25, 0.3) is 0 Å². The zero-order chi connectivity index (χ0) is 17.6. The van der Waals surface area contributed by atoms with Crippen molar-refractivity contribution in [2.45, 2.75) is 32.7 Å². The van der Waals surface area contributed by atoms with Gasteiger partial charge in [-0.15, -0.1) is 0 Å². The molecule has 0 aliphatic heterocycles. The molecule has 0 radical (unpaired) electrons. The van der Waals surface area contributed by atoms with Gasteiger partial charge >= 0.3 is 0 Å². The SMILES string of the molecule is CC(C)c1cccc(NC(N)=NCCCn2cnc3ccccc32)c1. The van der Waals surface area contributed by atoms with Gasteiger partial charge in [0.2, 0.25) is 0 Å². The second-order valence-corrected chi connectivity index (χ2v) is 6.45. The summed E-state index contributed by atoms with van der Waals surface area (Å²) in [6.45, 7) is 5.90. The van der Waals surface area contributed by atoms with Crippen LogP contribution in [0.25, 0.3) is 11.0 Å². The number of benzene rings is 2. The van der Waals surface area contributed by atoms with Gasteiger partial charge in [-0.3, -0.25) is 4.99 Å². The lowest BCUT2D eigenvalue weighted by atomic mass is 10.0. The molecule has 0 amide bonds. The fourth-order valence-electron chi connectivity index (χ4n) is 2.79. The topological polar surface area (TPSA) is 68.2 Å². The number of nitrogens with one attached hydrogen (secondary N) is 1. The molecule has 0 saturated carbocycles. The lowest BCUT2D eigenvalue weighted by molar-refractivity contribution is 0.666. The molecule has 0 spiro atoms. The first-order valence-corrected chi connectivity index (χ1v) is 8.70. The molecule has 0 aliphatic carbocycles. The molecular weight excluding hydrogens is 310 g/mol. The van der Waals surface area contributed by atoms with Gasteiger partial charge in [-0.1, -0.05) is 38.1 Å². The van der Waals surface area contributed by atoms with Crippen LogP contribution < -0.4 is 11.1 Å². The Morgan fingerprint density at radius 1 is 1.20 bits per heavy atom. The Balaban J connectivity index is 1.53. The summed E-state index contributed by atoms with van der Waals surface area (Å²) >= 11 is 0. The van der Waals surface area contributed by atoms with Gasteiger partial charge in [-0.2, -0.15) is 0 Å². The Labute approximate surface area is 148 Å². The molecule has 1 aromatic heterocycles. The van der Waals surface area contributed by atoms with Crippen LogP contribution >= 0.6 is 0 Å². The van der Waals surface area contributed by atoms with E-state index in [0.717, 1.165) is 29.7 Å². The number of aryl methyl sites for hydroxylation is 1. The Morgan fingerprint density at radius 2 is 2.04 bits per heavy atom. The molecule has 3 rings (SSSR count). The molecule has 0 fully saturated rings. The highest BCUT2D eigenvalue weighted by atomic mass is 15.1. The van der Waals surface area contributed by atoms with E-state index in [2.05, 4.69) is 51.9 Å². The van der Waals surface area contributed by atoms with E-state index in [-0.39, 0.29) is 0 Å². The van der Waals surface area contributed by atoms with Crippen LogP contribution in [0, 0.1) is 0 Å². The van der Waals surface area contributed by atoms with Gasteiger partial charge < -0.3 is 15.6 Å². The number of rotatable bonds is 6. The number of aliphatic imine (C=N–C) groups is 1. The third-order valence-corrected chi connectivity index (χ3v) is 4.19. The molecular formula is C20H25N5. The molecule has 5 heteroatoms. The molecule has 3 N–H and O–H groups in total. The zero-order valence-electron chi connectivity index (χ0n) is 14.8. The minimum atomic E-state index is 0.455. The summed E-state index contributed by atoms with van der Waals surface area (Å²) in [5.74, 6) is 0.946. The van der Waals surface area contributed by atoms with Gasteiger partial charge in [-0.25, -0.2) is 4.98 Å². The van der Waals surface area contributed by atoms with Crippen LogP contribution in [0.3, 0.4) is 0 Å². The molecule has 0 bridgehead atoms. The molecule has 1 heterocycles. The predicted octanol–water partition coefficient (Wildman–Crippen LogP) is 3.98. The van der Waals surface area contributed by atoms with Crippen molar-refractivity contribution < 1.29 is 0 Å². The summed E-state index contributed by atoms with van der Waals surface area (Å²) in [6, 6.07) is 16.4. The van der Waals surface area contributed by atoms with Gasteiger partial charge in [0.1, 0.15) is 0 Å². The lowest BCUT2D eigenvalue weighted by Gasteiger charge is -2.10. The van der Waals surface area contributed by atoms with E-state index in [9.17, 15) is 0 Å². The Bertz CT molecular complexity index is 863. The summed E-state index contributed by atoms with van der Waals surface area (Å²) in [4.78, 5) is 8.82. The zero-order valence-corrected chi connectivity index (χ0v) is 14.8. The third kappa shape index (κ3) is 4.38. The first kappa shape index (κ1) is 17.0. The van der Waals surface area contributed by atoms with E-state index in [1.807, 2.05) is 36.7 Å². The van der Waals surface area contributed by atoms with E-state index in [4.69, 9.17) is 5.73 Å². The van der Waals surface area contributed by atoms with E-state index >= 15 is 0 Å².